The lowest BCUT2D eigenvalue weighted by atomic mass is 10.2. The van der Waals surface area contributed by atoms with Gasteiger partial charge in [-0.1, -0.05) is 42.5 Å². The minimum Gasteiger partial charge on any atom is -0.383 e. The van der Waals surface area contributed by atoms with Crippen molar-refractivity contribution in [3.05, 3.63) is 48.0 Å². The first-order chi connectivity index (χ1) is 11.2. The van der Waals surface area contributed by atoms with Gasteiger partial charge in [0.05, 0.1) is 0 Å². The first-order valence-corrected chi connectivity index (χ1v) is 7.79. The predicted octanol–water partition coefficient (Wildman–Crippen LogP) is 1.48. The lowest BCUT2D eigenvalue weighted by molar-refractivity contribution is 0.283. The second-order valence-corrected chi connectivity index (χ2v) is 5.61. The summed E-state index contributed by atoms with van der Waals surface area (Å²) in [6.45, 7) is 4.76. The molecule has 0 spiro atoms. The van der Waals surface area contributed by atoms with E-state index in [0.29, 0.717) is 5.82 Å². The fourth-order valence-corrected chi connectivity index (χ4v) is 2.70. The molecule has 0 atom stereocenters. The molecule has 0 aliphatic carbocycles. The highest BCUT2D eigenvalue weighted by Crippen LogP contribution is 2.17. The average molecular weight is 310 g/mol. The Balaban J connectivity index is 1.51. The minimum absolute atomic E-state index is 0.230. The van der Waals surface area contributed by atoms with Crippen LogP contribution in [0.2, 0.25) is 0 Å². The molecule has 1 fully saturated rings. The van der Waals surface area contributed by atoms with Crippen molar-refractivity contribution in [1.29, 1.82) is 0 Å². The number of nitrogens with two attached hydrogens (primary N) is 2. The fraction of sp³-hybridized carbons (Fsp3) is 0.294. The van der Waals surface area contributed by atoms with Crippen molar-refractivity contribution >= 4 is 23.7 Å². The minimum atomic E-state index is 0.230. The van der Waals surface area contributed by atoms with Crippen molar-refractivity contribution in [3.63, 3.8) is 0 Å². The zero-order chi connectivity index (χ0) is 16.1. The summed E-state index contributed by atoms with van der Waals surface area (Å²) in [4.78, 5) is 12.8. The van der Waals surface area contributed by atoms with Gasteiger partial charge in [-0.05, 0) is 5.56 Å². The van der Waals surface area contributed by atoms with E-state index in [0.717, 1.165) is 38.5 Å². The Hall–Kier alpha value is -2.60. The molecule has 6 nitrogen and oxygen atoms in total. The van der Waals surface area contributed by atoms with Crippen LogP contribution < -0.4 is 16.4 Å². The molecule has 0 saturated carbocycles. The van der Waals surface area contributed by atoms with E-state index < -0.39 is 0 Å². The maximum absolute atomic E-state index is 5.74. The third kappa shape index (κ3) is 4.20. The monoisotopic (exact) mass is 310 g/mol. The van der Waals surface area contributed by atoms with Crippen molar-refractivity contribution in [3.8, 4) is 0 Å². The zero-order valence-corrected chi connectivity index (χ0v) is 13.1. The zero-order valence-electron chi connectivity index (χ0n) is 13.1. The summed E-state index contributed by atoms with van der Waals surface area (Å²) in [5.41, 5.74) is 12.6. The Kier molecular flexibility index (Phi) is 4.73. The van der Waals surface area contributed by atoms with Gasteiger partial charge in [0.2, 0.25) is 5.95 Å². The number of hydrogen-bond acceptors (Lipinski definition) is 6. The summed E-state index contributed by atoms with van der Waals surface area (Å²) >= 11 is 0. The van der Waals surface area contributed by atoms with Crippen molar-refractivity contribution in [2.24, 2.45) is 0 Å². The Morgan fingerprint density at radius 1 is 1.00 bits per heavy atom. The van der Waals surface area contributed by atoms with E-state index in [1.165, 1.54) is 5.56 Å². The molecule has 3 rings (SSSR count). The second-order valence-electron chi connectivity index (χ2n) is 5.61. The molecule has 1 aromatic heterocycles. The van der Waals surface area contributed by atoms with Gasteiger partial charge < -0.3 is 16.4 Å². The lowest BCUT2D eigenvalue weighted by Gasteiger charge is -2.34. The van der Waals surface area contributed by atoms with Crippen LogP contribution in [0.15, 0.2) is 42.5 Å². The van der Waals surface area contributed by atoms with Gasteiger partial charge in [-0.15, -0.1) is 0 Å². The summed E-state index contributed by atoms with van der Waals surface area (Å²) in [5, 5.41) is 0. The van der Waals surface area contributed by atoms with Gasteiger partial charge in [0.15, 0.2) is 0 Å². The first-order valence-electron chi connectivity index (χ1n) is 7.79. The van der Waals surface area contributed by atoms with Gasteiger partial charge in [0, 0.05) is 38.8 Å². The highest BCUT2D eigenvalue weighted by atomic mass is 15.3. The quantitative estimate of drug-likeness (QED) is 0.890. The fourth-order valence-electron chi connectivity index (χ4n) is 2.70. The van der Waals surface area contributed by atoms with E-state index >= 15 is 0 Å². The van der Waals surface area contributed by atoms with Crippen LogP contribution in [0.3, 0.4) is 0 Å². The van der Waals surface area contributed by atoms with E-state index in [-0.39, 0.29) is 5.95 Å². The molecule has 4 N–H and O–H groups in total. The molecule has 23 heavy (non-hydrogen) atoms. The summed E-state index contributed by atoms with van der Waals surface area (Å²) in [6.07, 6.45) is 4.38. The molecule has 1 aliphatic heterocycles. The van der Waals surface area contributed by atoms with Crippen LogP contribution in [0.1, 0.15) is 5.56 Å². The molecule has 6 heteroatoms. The van der Waals surface area contributed by atoms with E-state index in [2.05, 4.69) is 56.2 Å². The maximum Gasteiger partial charge on any atom is 0.223 e. The number of rotatable bonds is 4. The Morgan fingerprint density at radius 2 is 1.74 bits per heavy atom. The molecule has 1 saturated heterocycles. The smallest absolute Gasteiger partial charge is 0.223 e. The number of aromatic nitrogens is 2. The largest absolute Gasteiger partial charge is 0.383 e. The highest BCUT2D eigenvalue weighted by molar-refractivity contribution is 5.51. The molecule has 120 valence electrons. The van der Waals surface area contributed by atoms with E-state index in [9.17, 15) is 0 Å². The van der Waals surface area contributed by atoms with E-state index in [1.807, 2.05) is 6.07 Å². The highest BCUT2D eigenvalue weighted by Gasteiger charge is 2.17. The topological polar surface area (TPSA) is 84.3 Å². The van der Waals surface area contributed by atoms with Crippen molar-refractivity contribution < 1.29 is 0 Å². The molecular weight excluding hydrogens is 288 g/mol. The van der Waals surface area contributed by atoms with Gasteiger partial charge >= 0.3 is 0 Å². The van der Waals surface area contributed by atoms with Gasteiger partial charge in [0.1, 0.15) is 11.6 Å². The number of piperazine rings is 1. The third-order valence-electron chi connectivity index (χ3n) is 3.92. The van der Waals surface area contributed by atoms with Crippen molar-refractivity contribution in [2.45, 2.75) is 0 Å². The molecule has 2 aromatic rings. The van der Waals surface area contributed by atoms with Gasteiger partial charge in [-0.25, -0.2) is 0 Å². The molecule has 0 bridgehead atoms. The molecule has 2 heterocycles. The molecular formula is C17H22N6. The Bertz CT molecular complexity index is 642. The van der Waals surface area contributed by atoms with Gasteiger partial charge in [0.25, 0.3) is 0 Å². The molecule has 1 aromatic carbocycles. The number of nitrogen functional groups attached to an aromatic ring is 2. The standard InChI is InChI=1S/C17H22N6/c18-15-13-16(21-17(19)20-15)23-11-9-22(10-12-23)8-4-7-14-5-2-1-3-6-14/h1-7,13H,8-12H2,(H4,18,19,20,21). The molecule has 0 unspecified atom stereocenters. The van der Waals surface area contributed by atoms with Crippen molar-refractivity contribution in [1.82, 2.24) is 14.9 Å². The Morgan fingerprint density at radius 3 is 2.43 bits per heavy atom. The van der Waals surface area contributed by atoms with E-state index in [4.69, 9.17) is 11.5 Å². The van der Waals surface area contributed by atoms with Crippen LogP contribution in [-0.4, -0.2) is 47.6 Å². The number of hydrogen-bond donors (Lipinski definition) is 2. The Labute approximate surface area is 136 Å². The van der Waals surface area contributed by atoms with Crippen LogP contribution in [0.5, 0.6) is 0 Å². The molecule has 0 amide bonds. The third-order valence-corrected chi connectivity index (χ3v) is 3.92. The van der Waals surface area contributed by atoms with Crippen LogP contribution in [0, 0.1) is 0 Å². The van der Waals surface area contributed by atoms with Crippen LogP contribution in [0.25, 0.3) is 6.08 Å². The first kappa shape index (κ1) is 15.3. The van der Waals surface area contributed by atoms with Gasteiger partial charge in [-0.2, -0.15) is 9.97 Å². The molecule has 0 radical (unpaired) electrons. The maximum atomic E-state index is 5.74. The predicted molar refractivity (Wildman–Crippen MR) is 95.0 cm³/mol. The van der Waals surface area contributed by atoms with Crippen LogP contribution >= 0.6 is 0 Å². The normalized spacial score (nSPS) is 16.1. The molecule has 1 aliphatic rings. The SMILES string of the molecule is Nc1cc(N2CCN(CC=Cc3ccccc3)CC2)nc(N)n1. The van der Waals surface area contributed by atoms with Crippen LogP contribution in [0.4, 0.5) is 17.6 Å². The van der Waals surface area contributed by atoms with Gasteiger partial charge in [-0.3, -0.25) is 4.90 Å². The summed E-state index contributed by atoms with van der Waals surface area (Å²) in [5.74, 6) is 1.46. The lowest BCUT2D eigenvalue weighted by Crippen LogP contribution is -2.46. The average Bonchev–Trinajstić information content (AvgIpc) is 2.56. The second kappa shape index (κ2) is 7.11. The van der Waals surface area contributed by atoms with E-state index in [1.54, 1.807) is 6.07 Å². The number of nitrogens with zero attached hydrogens (tertiary/aromatic N) is 4. The summed E-state index contributed by atoms with van der Waals surface area (Å²) in [6, 6.07) is 12.1. The number of anilines is 3. The van der Waals surface area contributed by atoms with Crippen molar-refractivity contribution in [2.75, 3.05) is 49.1 Å². The summed E-state index contributed by atoms with van der Waals surface area (Å²) < 4.78 is 0. The summed E-state index contributed by atoms with van der Waals surface area (Å²) in [7, 11) is 0. The van der Waals surface area contributed by atoms with Crippen LogP contribution in [-0.2, 0) is 0 Å². The number of benzene rings is 1.